The van der Waals surface area contributed by atoms with Gasteiger partial charge < -0.3 is 17.0 Å². The Morgan fingerprint density at radius 1 is 1.00 bits per heavy atom. The smallest absolute Gasteiger partial charge is 0.326 e. The average molecular weight is 460 g/mol. The summed E-state index contributed by atoms with van der Waals surface area (Å²) in [5.74, 6) is 1.06. The highest BCUT2D eigenvalue weighted by Gasteiger charge is 2.30. The lowest BCUT2D eigenvalue weighted by Gasteiger charge is -2.10. The largest absolute Gasteiger partial charge is 1.00 e. The van der Waals surface area contributed by atoms with Crippen LogP contribution in [0.4, 0.5) is 0 Å². The Kier molecular flexibility index (Phi) is 6.73. The Hall–Kier alpha value is -1.91. The Morgan fingerprint density at radius 3 is 2.43 bits per heavy atom. The molecule has 0 amide bonds. The summed E-state index contributed by atoms with van der Waals surface area (Å²) in [6.07, 6.45) is 5.95. The first-order valence-corrected chi connectivity index (χ1v) is 9.97. The quantitative estimate of drug-likeness (QED) is 0.552. The van der Waals surface area contributed by atoms with Crippen LogP contribution in [0.5, 0.6) is 0 Å². The van der Waals surface area contributed by atoms with Crippen LogP contribution >= 0.6 is 11.6 Å². The molecule has 0 spiro atoms. The number of ketones is 1. The van der Waals surface area contributed by atoms with Gasteiger partial charge in [0.25, 0.3) is 0 Å². The van der Waals surface area contributed by atoms with E-state index in [1.54, 1.807) is 0 Å². The first kappa shape index (κ1) is 20.8. The molecule has 146 valence electrons. The Labute approximate surface area is 181 Å². The number of fused-ring (bicyclic) bond motifs is 1. The molecule has 1 aromatic heterocycles. The molecule has 0 aliphatic carbocycles. The van der Waals surface area contributed by atoms with Gasteiger partial charge in [-0.2, -0.15) is 0 Å². The molecule has 1 aliphatic rings. The number of rotatable bonds is 3. The van der Waals surface area contributed by atoms with Crippen LogP contribution in [0.25, 0.3) is 11.3 Å². The summed E-state index contributed by atoms with van der Waals surface area (Å²) in [6.45, 7) is 3.65. The number of carbonyl (C=O) groups excluding carboxylic acids is 1. The van der Waals surface area contributed by atoms with Crippen LogP contribution in [-0.4, -0.2) is 10.4 Å². The fourth-order valence-electron chi connectivity index (χ4n) is 3.79. The molecule has 4 rings (SSSR count). The summed E-state index contributed by atoms with van der Waals surface area (Å²) in [5, 5.41) is 0.729. The van der Waals surface area contributed by atoms with Gasteiger partial charge in [-0.15, -0.1) is 0 Å². The molecule has 0 saturated heterocycles. The van der Waals surface area contributed by atoms with Gasteiger partial charge in [0.2, 0.25) is 5.78 Å². The molecule has 1 aliphatic heterocycles. The summed E-state index contributed by atoms with van der Waals surface area (Å²) in [7, 11) is 0. The predicted molar refractivity (Wildman–Crippen MR) is 108 cm³/mol. The molecule has 0 bridgehead atoms. The van der Waals surface area contributed by atoms with Crippen molar-refractivity contribution in [1.29, 1.82) is 0 Å². The van der Waals surface area contributed by atoms with Gasteiger partial charge in [0, 0.05) is 17.0 Å². The minimum Gasteiger partial charge on any atom is -1.00 e. The van der Waals surface area contributed by atoms with E-state index in [9.17, 15) is 4.79 Å². The molecule has 5 heteroatoms. The zero-order valence-corrected chi connectivity index (χ0v) is 18.3. The van der Waals surface area contributed by atoms with Gasteiger partial charge in [0.1, 0.15) is 12.7 Å². The molecular formula is C23H24BrClN2O. The van der Waals surface area contributed by atoms with Gasteiger partial charge in [0.05, 0.1) is 6.54 Å². The lowest BCUT2D eigenvalue weighted by atomic mass is 10.1. The summed E-state index contributed by atoms with van der Waals surface area (Å²) < 4.78 is 4.34. The van der Waals surface area contributed by atoms with Crippen LogP contribution in [-0.2, 0) is 13.1 Å². The maximum Gasteiger partial charge on any atom is 0.326 e. The number of hydrogen-bond acceptors (Lipinski definition) is 1. The zero-order valence-electron chi connectivity index (χ0n) is 16.0. The molecule has 0 atom stereocenters. The molecule has 0 fully saturated rings. The van der Waals surface area contributed by atoms with Crippen LogP contribution < -0.4 is 21.5 Å². The van der Waals surface area contributed by atoms with Gasteiger partial charge in [-0.05, 0) is 43.9 Å². The Bertz CT molecular complexity index is 962. The second-order valence-electron chi connectivity index (χ2n) is 7.34. The number of halogens is 2. The van der Waals surface area contributed by atoms with Crippen LogP contribution in [0.1, 0.15) is 47.4 Å². The second kappa shape index (κ2) is 9.06. The van der Waals surface area contributed by atoms with Gasteiger partial charge >= 0.3 is 5.82 Å². The first-order valence-electron chi connectivity index (χ1n) is 9.59. The van der Waals surface area contributed by atoms with Crippen molar-refractivity contribution in [2.45, 2.75) is 45.7 Å². The highest BCUT2D eigenvalue weighted by Crippen LogP contribution is 2.24. The zero-order chi connectivity index (χ0) is 18.8. The van der Waals surface area contributed by atoms with Crippen molar-refractivity contribution in [1.82, 2.24) is 4.57 Å². The lowest BCUT2D eigenvalue weighted by molar-refractivity contribution is -0.689. The van der Waals surface area contributed by atoms with E-state index in [0.29, 0.717) is 13.0 Å². The van der Waals surface area contributed by atoms with Gasteiger partial charge in [-0.25, -0.2) is 9.13 Å². The first-order chi connectivity index (χ1) is 13.1. The number of Topliss-reactive ketones (excluding diaryl/α,β-unsaturated/α-hetero) is 1. The minimum absolute atomic E-state index is 0. The van der Waals surface area contributed by atoms with E-state index in [-0.39, 0.29) is 22.8 Å². The monoisotopic (exact) mass is 458 g/mol. The third-order valence-electron chi connectivity index (χ3n) is 5.25. The van der Waals surface area contributed by atoms with Crippen molar-refractivity contribution in [3.05, 3.63) is 76.7 Å². The third kappa shape index (κ3) is 4.39. The molecule has 3 aromatic rings. The van der Waals surface area contributed by atoms with Crippen molar-refractivity contribution < 1.29 is 26.3 Å². The third-order valence-corrected chi connectivity index (χ3v) is 5.50. The van der Waals surface area contributed by atoms with Crippen LogP contribution in [0.2, 0.25) is 5.02 Å². The lowest BCUT2D eigenvalue weighted by Crippen LogP contribution is -3.00. The highest BCUT2D eigenvalue weighted by molar-refractivity contribution is 6.30. The van der Waals surface area contributed by atoms with Gasteiger partial charge in [-0.1, -0.05) is 53.6 Å². The van der Waals surface area contributed by atoms with E-state index in [4.69, 9.17) is 11.6 Å². The SMILES string of the molecule is Cc1ccc(-c2c[n+](Cc3ccc(Cl)cc3)c3n2CCCCCC3=O)cc1.[Br-]. The van der Waals surface area contributed by atoms with E-state index in [1.807, 2.05) is 24.3 Å². The summed E-state index contributed by atoms with van der Waals surface area (Å²) >= 11 is 6.02. The van der Waals surface area contributed by atoms with E-state index >= 15 is 0 Å². The number of imidazole rings is 1. The van der Waals surface area contributed by atoms with Crippen molar-refractivity contribution in [2.75, 3.05) is 0 Å². The molecule has 0 unspecified atom stereocenters. The van der Waals surface area contributed by atoms with E-state index in [1.165, 1.54) is 5.56 Å². The molecule has 0 saturated carbocycles. The van der Waals surface area contributed by atoms with E-state index < -0.39 is 0 Å². The molecule has 2 heterocycles. The van der Waals surface area contributed by atoms with Crippen molar-refractivity contribution >= 4 is 17.4 Å². The number of aromatic nitrogens is 2. The number of carbonyl (C=O) groups is 1. The number of aryl methyl sites for hydroxylation is 1. The normalized spacial score (nSPS) is 14.0. The Balaban J connectivity index is 0.00000225. The fourth-order valence-corrected chi connectivity index (χ4v) is 3.92. The standard InChI is InChI=1S/C23H24ClN2O.BrH/c1-17-6-10-19(11-7-17)21-16-25(15-18-8-12-20(24)13-9-18)23-22(27)5-3-2-4-14-26(21)23;/h6-13,16H,2-5,14-15H2,1H3;1H/q+1;/p-1. The average Bonchev–Trinajstić information content (AvgIpc) is 2.99. The topological polar surface area (TPSA) is 25.9 Å². The Morgan fingerprint density at radius 2 is 1.71 bits per heavy atom. The molecule has 0 N–H and O–H groups in total. The molecule has 2 aromatic carbocycles. The summed E-state index contributed by atoms with van der Waals surface area (Å²) in [6, 6.07) is 16.4. The van der Waals surface area contributed by atoms with Crippen LogP contribution in [0.15, 0.2) is 54.7 Å². The summed E-state index contributed by atoms with van der Waals surface area (Å²) in [5.41, 5.74) is 4.66. The maximum atomic E-state index is 13.0. The number of nitrogens with zero attached hydrogens (tertiary/aromatic N) is 2. The van der Waals surface area contributed by atoms with Crippen LogP contribution in [0, 0.1) is 6.92 Å². The maximum absolute atomic E-state index is 13.0. The predicted octanol–water partition coefficient (Wildman–Crippen LogP) is 2.21. The molecule has 28 heavy (non-hydrogen) atoms. The van der Waals surface area contributed by atoms with Crippen molar-refractivity contribution in [2.24, 2.45) is 0 Å². The molecular weight excluding hydrogens is 436 g/mol. The molecule has 3 nitrogen and oxygen atoms in total. The van der Waals surface area contributed by atoms with Crippen molar-refractivity contribution in [3.63, 3.8) is 0 Å². The fraction of sp³-hybridized carbons (Fsp3) is 0.304. The second-order valence-corrected chi connectivity index (χ2v) is 7.78. The van der Waals surface area contributed by atoms with Crippen molar-refractivity contribution in [3.8, 4) is 11.3 Å². The number of benzene rings is 2. The summed E-state index contributed by atoms with van der Waals surface area (Å²) in [4.78, 5) is 13.0. The van der Waals surface area contributed by atoms with E-state index in [0.717, 1.165) is 53.5 Å². The van der Waals surface area contributed by atoms with Gasteiger partial charge in [0.15, 0.2) is 5.69 Å². The minimum atomic E-state index is 0. The highest BCUT2D eigenvalue weighted by atomic mass is 79.9. The van der Waals surface area contributed by atoms with Gasteiger partial charge in [-0.3, -0.25) is 4.79 Å². The van der Waals surface area contributed by atoms with E-state index in [2.05, 4.69) is 46.5 Å². The molecule has 0 radical (unpaired) electrons. The van der Waals surface area contributed by atoms with Crippen LogP contribution in [0.3, 0.4) is 0 Å². The number of hydrogen-bond donors (Lipinski definition) is 0.